The molecule has 0 fully saturated rings. The summed E-state index contributed by atoms with van der Waals surface area (Å²) in [6, 6.07) is 5.49. The number of aromatic amines is 1. The first-order valence-electron chi connectivity index (χ1n) is 10.9. The van der Waals surface area contributed by atoms with Crippen molar-refractivity contribution < 1.29 is 14.3 Å². The minimum absolute atomic E-state index is 0.0341. The quantitative estimate of drug-likeness (QED) is 0.320. The highest BCUT2D eigenvalue weighted by Gasteiger charge is 2.19. The number of H-pyrrole nitrogens is 1. The zero-order chi connectivity index (χ0) is 28.3. The SMILES string of the molecule is CC(C)c1cc(Oc2c(Cl)cc(-n3nc(C#N)c(=O)[nH]c3=O)cc2Cl)nn(COC(=O)c2cnccn2)c1=O. The smallest absolute Gasteiger partial charge is 0.360 e. The van der Waals surface area contributed by atoms with Crippen molar-refractivity contribution >= 4 is 29.2 Å². The van der Waals surface area contributed by atoms with E-state index >= 15 is 0 Å². The van der Waals surface area contributed by atoms with Gasteiger partial charge in [-0.05, 0) is 18.1 Å². The monoisotopic (exact) mass is 570 g/mol. The number of halogens is 2. The Balaban J connectivity index is 1.67. The fourth-order valence-electron chi connectivity index (χ4n) is 3.21. The Kier molecular flexibility index (Phi) is 7.84. The van der Waals surface area contributed by atoms with E-state index in [4.69, 9.17) is 37.9 Å². The Morgan fingerprint density at radius 2 is 1.85 bits per heavy atom. The molecular formula is C23H16Cl2N8O6. The maximum Gasteiger partial charge on any atom is 0.360 e. The number of nitrogens with zero attached hydrogens (tertiary/aromatic N) is 7. The van der Waals surface area contributed by atoms with E-state index < -0.39 is 35.2 Å². The van der Waals surface area contributed by atoms with Crippen molar-refractivity contribution in [2.24, 2.45) is 0 Å². The van der Waals surface area contributed by atoms with Crippen molar-refractivity contribution in [2.45, 2.75) is 26.5 Å². The number of ether oxygens (including phenoxy) is 2. The molecule has 3 heterocycles. The van der Waals surface area contributed by atoms with Crippen molar-refractivity contribution in [3.05, 3.63) is 95.0 Å². The van der Waals surface area contributed by atoms with E-state index in [1.165, 1.54) is 36.8 Å². The molecule has 0 spiro atoms. The Morgan fingerprint density at radius 3 is 2.46 bits per heavy atom. The maximum absolute atomic E-state index is 12.9. The normalized spacial score (nSPS) is 10.8. The summed E-state index contributed by atoms with van der Waals surface area (Å²) in [5, 5.41) is 16.7. The number of hydrogen-bond donors (Lipinski definition) is 1. The Labute approximate surface area is 228 Å². The van der Waals surface area contributed by atoms with Crippen molar-refractivity contribution in [3.63, 3.8) is 0 Å². The van der Waals surface area contributed by atoms with Gasteiger partial charge in [-0.2, -0.15) is 14.6 Å². The fraction of sp³-hybridized carbons (Fsp3) is 0.174. The van der Waals surface area contributed by atoms with Crippen LogP contribution in [0.1, 0.15) is 41.5 Å². The number of carbonyl (C=O) groups excluding carboxylic acids is 1. The maximum atomic E-state index is 12.9. The topological polar surface area (TPSA) is 188 Å². The Bertz CT molecular complexity index is 1770. The molecule has 0 bridgehead atoms. The minimum Gasteiger partial charge on any atom is -0.437 e. The summed E-state index contributed by atoms with van der Waals surface area (Å²) in [5.74, 6) is -1.26. The molecule has 39 heavy (non-hydrogen) atoms. The second-order valence-electron chi connectivity index (χ2n) is 8.02. The molecule has 0 amide bonds. The second kappa shape index (κ2) is 11.3. The number of benzene rings is 1. The van der Waals surface area contributed by atoms with Crippen LogP contribution in [0, 0.1) is 11.3 Å². The van der Waals surface area contributed by atoms with Gasteiger partial charge in [0.2, 0.25) is 11.6 Å². The predicted octanol–water partition coefficient (Wildman–Crippen LogP) is 2.18. The van der Waals surface area contributed by atoms with Crippen LogP contribution in [0.15, 0.2) is 51.2 Å². The van der Waals surface area contributed by atoms with E-state index in [1.54, 1.807) is 19.9 Å². The standard InChI is InChI=1S/C23H16Cl2N8O6/c1-11(2)13-7-18(31-32(21(13)35)10-38-22(36)17-9-27-3-4-28-17)39-19-14(24)5-12(6-15(19)25)33-23(37)29-20(34)16(8-26)30-33/h3-7,9,11H,10H2,1-2H3,(H,29,34,37). The van der Waals surface area contributed by atoms with Crippen molar-refractivity contribution in [2.75, 3.05) is 0 Å². The molecule has 0 radical (unpaired) electrons. The molecule has 16 heteroatoms. The highest BCUT2D eigenvalue weighted by atomic mass is 35.5. The molecule has 0 atom stereocenters. The van der Waals surface area contributed by atoms with Crippen molar-refractivity contribution in [1.29, 1.82) is 5.26 Å². The van der Waals surface area contributed by atoms with E-state index in [9.17, 15) is 19.2 Å². The van der Waals surface area contributed by atoms with Crippen LogP contribution in [0.4, 0.5) is 0 Å². The van der Waals surface area contributed by atoms with Crippen molar-refractivity contribution in [3.8, 4) is 23.4 Å². The lowest BCUT2D eigenvalue weighted by atomic mass is 10.1. The number of hydrogen-bond acceptors (Lipinski definition) is 11. The van der Waals surface area contributed by atoms with Gasteiger partial charge in [0.25, 0.3) is 11.1 Å². The first-order valence-corrected chi connectivity index (χ1v) is 11.7. The van der Waals surface area contributed by atoms with Gasteiger partial charge >= 0.3 is 11.7 Å². The van der Waals surface area contributed by atoms with Crippen LogP contribution in [0.5, 0.6) is 11.6 Å². The Morgan fingerprint density at radius 1 is 1.13 bits per heavy atom. The summed E-state index contributed by atoms with van der Waals surface area (Å²) in [4.78, 5) is 58.6. The molecule has 0 aliphatic carbocycles. The van der Waals surface area contributed by atoms with Gasteiger partial charge in [-0.1, -0.05) is 37.0 Å². The number of nitrogens with one attached hydrogen (secondary N) is 1. The van der Waals surface area contributed by atoms with E-state index in [0.717, 1.165) is 9.36 Å². The van der Waals surface area contributed by atoms with E-state index in [0.29, 0.717) is 5.56 Å². The lowest BCUT2D eigenvalue weighted by Gasteiger charge is -2.15. The van der Waals surface area contributed by atoms with E-state index in [1.807, 2.05) is 4.98 Å². The first-order chi connectivity index (χ1) is 18.6. The molecular weight excluding hydrogens is 555 g/mol. The van der Waals surface area contributed by atoms with Crippen molar-refractivity contribution in [1.82, 2.24) is 34.5 Å². The lowest BCUT2D eigenvalue weighted by molar-refractivity contribution is 0.0328. The third-order valence-electron chi connectivity index (χ3n) is 5.06. The lowest BCUT2D eigenvalue weighted by Crippen LogP contribution is -2.33. The molecule has 1 N–H and O–H groups in total. The largest absolute Gasteiger partial charge is 0.437 e. The van der Waals surface area contributed by atoms with Crippen LogP contribution in [0.3, 0.4) is 0 Å². The molecule has 4 aromatic rings. The summed E-state index contributed by atoms with van der Waals surface area (Å²) in [7, 11) is 0. The van der Waals surface area contributed by atoms with Crippen LogP contribution < -0.4 is 21.5 Å². The molecule has 0 saturated heterocycles. The van der Waals surface area contributed by atoms with Crippen LogP contribution in [-0.2, 0) is 11.5 Å². The van der Waals surface area contributed by atoms with E-state index in [-0.39, 0.29) is 39.0 Å². The van der Waals surface area contributed by atoms with Gasteiger partial charge in [-0.3, -0.25) is 19.6 Å². The third-order valence-corrected chi connectivity index (χ3v) is 5.62. The zero-order valence-electron chi connectivity index (χ0n) is 20.1. The summed E-state index contributed by atoms with van der Waals surface area (Å²) in [6.45, 7) is 3.00. The van der Waals surface area contributed by atoms with Gasteiger partial charge in [0.05, 0.1) is 21.9 Å². The van der Waals surface area contributed by atoms with Gasteiger partial charge in [0, 0.05) is 24.0 Å². The van der Waals surface area contributed by atoms with Gasteiger partial charge in [0.15, 0.2) is 18.2 Å². The summed E-state index contributed by atoms with van der Waals surface area (Å²) in [6.07, 6.45) is 3.92. The highest BCUT2D eigenvalue weighted by molar-refractivity contribution is 6.37. The summed E-state index contributed by atoms with van der Waals surface area (Å²) in [5.41, 5.74) is -2.66. The molecule has 0 aliphatic heterocycles. The molecule has 0 aliphatic rings. The third kappa shape index (κ3) is 5.84. The number of nitriles is 1. The average molecular weight is 571 g/mol. The molecule has 4 rings (SSSR count). The molecule has 198 valence electrons. The van der Waals surface area contributed by atoms with Crippen LogP contribution >= 0.6 is 23.2 Å². The van der Waals surface area contributed by atoms with Gasteiger partial charge < -0.3 is 9.47 Å². The van der Waals surface area contributed by atoms with Crippen LogP contribution in [0.25, 0.3) is 5.69 Å². The number of aromatic nitrogens is 7. The average Bonchev–Trinajstić information content (AvgIpc) is 2.90. The highest BCUT2D eigenvalue weighted by Crippen LogP contribution is 2.37. The summed E-state index contributed by atoms with van der Waals surface area (Å²) < 4.78 is 12.6. The number of carbonyl (C=O) groups is 1. The number of rotatable bonds is 7. The Hall–Kier alpha value is -4.87. The van der Waals surface area contributed by atoms with Gasteiger partial charge in [-0.25, -0.2) is 14.6 Å². The second-order valence-corrected chi connectivity index (χ2v) is 8.84. The molecule has 3 aromatic heterocycles. The zero-order valence-corrected chi connectivity index (χ0v) is 21.6. The summed E-state index contributed by atoms with van der Waals surface area (Å²) >= 11 is 12.7. The van der Waals surface area contributed by atoms with E-state index in [2.05, 4.69) is 20.2 Å². The van der Waals surface area contributed by atoms with Gasteiger partial charge in [0.1, 0.15) is 6.07 Å². The van der Waals surface area contributed by atoms with Crippen LogP contribution in [0.2, 0.25) is 10.0 Å². The minimum atomic E-state index is -0.944. The molecule has 14 nitrogen and oxygen atoms in total. The predicted molar refractivity (Wildman–Crippen MR) is 135 cm³/mol. The molecule has 0 saturated carbocycles. The molecule has 1 aromatic carbocycles. The van der Waals surface area contributed by atoms with Gasteiger partial charge in [-0.15, -0.1) is 10.2 Å². The molecule has 0 unspecified atom stereocenters. The number of esters is 1. The van der Waals surface area contributed by atoms with Crippen LogP contribution in [-0.4, -0.2) is 40.5 Å². The fourth-order valence-corrected chi connectivity index (χ4v) is 3.76. The first kappa shape index (κ1) is 27.2.